The molecule has 0 saturated heterocycles. The molecule has 0 aliphatic rings. The van der Waals surface area contributed by atoms with Crippen molar-refractivity contribution in [3.63, 3.8) is 0 Å². The van der Waals surface area contributed by atoms with E-state index in [0.29, 0.717) is 19.3 Å². The first-order chi connectivity index (χ1) is 34.5. The Morgan fingerprint density at radius 3 is 0.943 bits per heavy atom. The fraction of sp³-hybridized carbons (Fsp3) is 0.578. The molecule has 0 N–H and O–H groups in total. The Hall–Kier alpha value is -4.71. The molecule has 0 aromatic carbocycles. The zero-order valence-electron chi connectivity index (χ0n) is 44.7. The number of rotatable bonds is 48. The molecule has 0 amide bonds. The third-order valence-electron chi connectivity index (χ3n) is 11.1. The van der Waals surface area contributed by atoms with Crippen LogP contribution in [0.3, 0.4) is 0 Å². The van der Waals surface area contributed by atoms with Gasteiger partial charge in [-0.1, -0.05) is 224 Å². The summed E-state index contributed by atoms with van der Waals surface area (Å²) in [6.07, 6.45) is 81.5. The molecule has 0 aromatic heterocycles. The van der Waals surface area contributed by atoms with Gasteiger partial charge in [0.05, 0.1) is 0 Å². The summed E-state index contributed by atoms with van der Waals surface area (Å²) in [4.78, 5) is 37.9. The van der Waals surface area contributed by atoms with Crippen molar-refractivity contribution in [2.24, 2.45) is 0 Å². The van der Waals surface area contributed by atoms with Crippen molar-refractivity contribution >= 4 is 17.9 Å². The zero-order valence-corrected chi connectivity index (χ0v) is 44.7. The molecule has 0 aliphatic heterocycles. The second-order valence-corrected chi connectivity index (χ2v) is 17.7. The first-order valence-corrected chi connectivity index (χ1v) is 27.8. The summed E-state index contributed by atoms with van der Waals surface area (Å²) in [7, 11) is 0. The zero-order chi connectivity index (χ0) is 50.7. The van der Waals surface area contributed by atoms with Crippen LogP contribution in [0.4, 0.5) is 0 Å². The molecule has 392 valence electrons. The Kier molecular flexibility index (Phi) is 53.0. The number of ether oxygens (including phenoxy) is 3. The van der Waals surface area contributed by atoms with E-state index in [1.807, 2.05) is 12.2 Å². The molecular weight excluding hydrogens is 865 g/mol. The van der Waals surface area contributed by atoms with Crippen molar-refractivity contribution in [1.82, 2.24) is 0 Å². The summed E-state index contributed by atoms with van der Waals surface area (Å²) in [6.45, 7) is 6.24. The summed E-state index contributed by atoms with van der Waals surface area (Å²) in [5.74, 6) is -1.03. The van der Waals surface area contributed by atoms with Gasteiger partial charge in [0.25, 0.3) is 0 Å². The second-order valence-electron chi connectivity index (χ2n) is 17.7. The van der Waals surface area contributed by atoms with Crippen LogP contribution in [0.1, 0.15) is 220 Å². The van der Waals surface area contributed by atoms with Gasteiger partial charge in [0.15, 0.2) is 6.10 Å². The molecule has 0 heterocycles. The van der Waals surface area contributed by atoms with E-state index >= 15 is 0 Å². The summed E-state index contributed by atoms with van der Waals surface area (Å²) < 4.78 is 16.7. The van der Waals surface area contributed by atoms with E-state index in [1.54, 1.807) is 0 Å². The molecule has 6 nitrogen and oxygen atoms in total. The number of unbranched alkanes of at least 4 members (excludes halogenated alkanes) is 13. The lowest BCUT2D eigenvalue weighted by Gasteiger charge is -2.18. The fourth-order valence-corrected chi connectivity index (χ4v) is 6.97. The van der Waals surface area contributed by atoms with Crippen molar-refractivity contribution in [3.05, 3.63) is 146 Å². The van der Waals surface area contributed by atoms with Crippen LogP contribution in [0.5, 0.6) is 0 Å². The van der Waals surface area contributed by atoms with Gasteiger partial charge in [-0.2, -0.15) is 0 Å². The summed E-state index contributed by atoms with van der Waals surface area (Å²) >= 11 is 0. The maximum absolute atomic E-state index is 12.7. The van der Waals surface area contributed by atoms with Crippen molar-refractivity contribution in [3.8, 4) is 0 Å². The fourth-order valence-electron chi connectivity index (χ4n) is 6.97. The highest BCUT2D eigenvalue weighted by atomic mass is 16.6. The molecule has 0 radical (unpaired) electrons. The number of carbonyl (C=O) groups excluding carboxylic acids is 3. The Labute approximate surface area is 429 Å². The summed E-state index contributed by atoms with van der Waals surface area (Å²) in [5, 5.41) is 0. The number of allylic oxidation sites excluding steroid dienone is 24. The largest absolute Gasteiger partial charge is 0.462 e. The minimum atomic E-state index is -0.829. The molecule has 0 saturated carbocycles. The molecule has 0 aromatic rings. The Morgan fingerprint density at radius 2 is 0.586 bits per heavy atom. The quantitative estimate of drug-likeness (QED) is 0.0262. The highest BCUT2D eigenvalue weighted by Gasteiger charge is 2.19. The van der Waals surface area contributed by atoms with Crippen LogP contribution < -0.4 is 0 Å². The summed E-state index contributed by atoms with van der Waals surface area (Å²) in [5.41, 5.74) is 0. The van der Waals surface area contributed by atoms with Crippen molar-refractivity contribution in [2.45, 2.75) is 226 Å². The Balaban J connectivity index is 4.32. The first-order valence-electron chi connectivity index (χ1n) is 27.8. The Bertz CT molecular complexity index is 1580. The minimum Gasteiger partial charge on any atom is -0.462 e. The maximum atomic E-state index is 12.7. The monoisotopic (exact) mass is 965 g/mol. The van der Waals surface area contributed by atoms with Gasteiger partial charge >= 0.3 is 17.9 Å². The van der Waals surface area contributed by atoms with Gasteiger partial charge in [-0.05, 0) is 122 Å². The van der Waals surface area contributed by atoms with Crippen LogP contribution in [0.25, 0.3) is 0 Å². The normalized spacial score (nSPS) is 13.2. The van der Waals surface area contributed by atoms with E-state index in [2.05, 4.69) is 154 Å². The van der Waals surface area contributed by atoms with Gasteiger partial charge in [0, 0.05) is 19.3 Å². The van der Waals surface area contributed by atoms with Crippen LogP contribution in [0.2, 0.25) is 0 Å². The highest BCUT2D eigenvalue weighted by molar-refractivity contribution is 5.71. The van der Waals surface area contributed by atoms with E-state index < -0.39 is 12.1 Å². The van der Waals surface area contributed by atoms with E-state index in [1.165, 1.54) is 38.5 Å². The van der Waals surface area contributed by atoms with Gasteiger partial charge < -0.3 is 14.2 Å². The van der Waals surface area contributed by atoms with Crippen molar-refractivity contribution in [1.29, 1.82) is 0 Å². The predicted molar refractivity (Wildman–Crippen MR) is 302 cm³/mol. The van der Waals surface area contributed by atoms with Gasteiger partial charge in [-0.15, -0.1) is 0 Å². The summed E-state index contributed by atoms with van der Waals surface area (Å²) in [6, 6.07) is 0. The van der Waals surface area contributed by atoms with E-state index in [4.69, 9.17) is 14.2 Å². The SMILES string of the molecule is CC/C=C\C/C=C\C/C=C\C/C=C\C/C=C\C/C=C\C/C=C\CCCCCCCCCC(=O)OCC(COC(=O)CCCCCCC/C=C\CCC)OC(=O)CC/C=C\C/C=C\C/C=C\C/C=C\CC. The Morgan fingerprint density at radius 1 is 0.300 bits per heavy atom. The molecule has 0 fully saturated rings. The third-order valence-corrected chi connectivity index (χ3v) is 11.1. The van der Waals surface area contributed by atoms with Gasteiger partial charge in [0.1, 0.15) is 13.2 Å². The lowest BCUT2D eigenvalue weighted by atomic mass is 10.1. The van der Waals surface area contributed by atoms with Crippen LogP contribution in [0.15, 0.2) is 146 Å². The maximum Gasteiger partial charge on any atom is 0.306 e. The topological polar surface area (TPSA) is 78.9 Å². The molecule has 1 atom stereocenters. The van der Waals surface area contributed by atoms with Gasteiger partial charge in [0.2, 0.25) is 0 Å². The van der Waals surface area contributed by atoms with Crippen molar-refractivity contribution < 1.29 is 28.6 Å². The average molecular weight is 965 g/mol. The smallest absolute Gasteiger partial charge is 0.306 e. The second kappa shape index (κ2) is 56.9. The van der Waals surface area contributed by atoms with Gasteiger partial charge in [-0.3, -0.25) is 14.4 Å². The molecule has 70 heavy (non-hydrogen) atoms. The van der Waals surface area contributed by atoms with Crippen LogP contribution in [0, 0.1) is 0 Å². The van der Waals surface area contributed by atoms with Crippen LogP contribution >= 0.6 is 0 Å². The first kappa shape index (κ1) is 65.3. The average Bonchev–Trinajstić information content (AvgIpc) is 3.36. The van der Waals surface area contributed by atoms with E-state index in [9.17, 15) is 14.4 Å². The minimum absolute atomic E-state index is 0.120. The molecule has 0 spiro atoms. The van der Waals surface area contributed by atoms with Crippen LogP contribution in [-0.2, 0) is 28.6 Å². The highest BCUT2D eigenvalue weighted by Crippen LogP contribution is 2.13. The molecule has 6 heteroatoms. The molecular formula is C64H100O6. The molecule has 1 unspecified atom stereocenters. The predicted octanol–water partition coefficient (Wildman–Crippen LogP) is 18.8. The molecule has 0 aliphatic carbocycles. The lowest BCUT2D eigenvalue weighted by molar-refractivity contribution is -0.166. The number of esters is 3. The van der Waals surface area contributed by atoms with Crippen LogP contribution in [-0.4, -0.2) is 37.2 Å². The molecule has 0 rings (SSSR count). The van der Waals surface area contributed by atoms with Crippen molar-refractivity contribution in [2.75, 3.05) is 13.2 Å². The van der Waals surface area contributed by atoms with E-state index in [-0.39, 0.29) is 31.6 Å². The molecule has 0 bridgehead atoms. The lowest BCUT2D eigenvalue weighted by Crippen LogP contribution is -2.30. The third kappa shape index (κ3) is 54.2. The number of hydrogen-bond donors (Lipinski definition) is 0. The van der Waals surface area contributed by atoms with E-state index in [0.717, 1.165) is 135 Å². The number of hydrogen-bond acceptors (Lipinski definition) is 6. The number of carbonyl (C=O) groups is 3. The van der Waals surface area contributed by atoms with Gasteiger partial charge in [-0.25, -0.2) is 0 Å². The standard InChI is InChI=1S/C64H100O6/c1-4-7-10-13-16-19-22-24-25-26-27-28-29-30-31-32-33-34-35-36-37-38-39-41-42-45-48-51-54-57-63(66)69-60-61(59-68-62(65)56-53-50-47-44-21-18-15-12-9-6-3)70-64(67)58-55-52-49-46-43-40-23-20-17-14-11-8-5-2/h7-8,10-12,15-17,19-20,24-25,27-28,30-31,33-34,36-37,40,43,49,52,61H,4-6,9,13-14,18,21-23,26,29,32,35,38-39,41-42,44-48,50-51,53-60H2,1-3H3/b10-7-,11-8-,15-12-,19-16-,20-17-,25-24-,28-27-,31-30-,34-33-,37-36-,43-40-,52-49-.